The van der Waals surface area contributed by atoms with Crippen molar-refractivity contribution in [1.29, 1.82) is 0 Å². The molecule has 25 heavy (non-hydrogen) atoms. The second kappa shape index (κ2) is 7.40. The van der Waals surface area contributed by atoms with Crippen LogP contribution in [0.4, 0.5) is 4.39 Å². The average Bonchev–Trinajstić information content (AvgIpc) is 3.09. The molecular formula is C18H19FN2O4. The van der Waals surface area contributed by atoms with Gasteiger partial charge in [-0.2, -0.15) is 0 Å². The van der Waals surface area contributed by atoms with Crippen LogP contribution >= 0.6 is 0 Å². The molecule has 0 spiro atoms. The average molecular weight is 346 g/mol. The Bertz CT molecular complexity index is 764. The molecule has 0 saturated heterocycles. The van der Waals surface area contributed by atoms with Gasteiger partial charge in [0.1, 0.15) is 12.4 Å². The normalized spacial score (nSPS) is 13.5. The molecule has 6 nitrogen and oxygen atoms in total. The van der Waals surface area contributed by atoms with Gasteiger partial charge < -0.3 is 25.3 Å². The molecule has 7 heteroatoms. The van der Waals surface area contributed by atoms with Gasteiger partial charge >= 0.3 is 0 Å². The van der Waals surface area contributed by atoms with E-state index in [9.17, 15) is 9.18 Å². The molecule has 132 valence electrons. The van der Waals surface area contributed by atoms with E-state index in [0.29, 0.717) is 23.8 Å². The molecule has 0 aromatic heterocycles. The predicted octanol–water partition coefficient (Wildman–Crippen LogP) is 2.10. The molecule has 1 aliphatic heterocycles. The van der Waals surface area contributed by atoms with Crippen LogP contribution in [-0.2, 0) is 17.9 Å². The summed E-state index contributed by atoms with van der Waals surface area (Å²) in [6, 6.07) is 9.27. The van der Waals surface area contributed by atoms with Crippen LogP contribution in [0, 0.1) is 5.82 Å². The smallest absolute Gasteiger partial charge is 0.234 e. The largest absolute Gasteiger partial charge is 0.485 e. The number of halogens is 1. The zero-order valence-corrected chi connectivity index (χ0v) is 13.8. The highest BCUT2D eigenvalue weighted by molar-refractivity contribution is 5.79. The summed E-state index contributed by atoms with van der Waals surface area (Å²) in [4.78, 5) is 11.1. The van der Waals surface area contributed by atoms with E-state index in [2.05, 4.69) is 5.32 Å². The van der Waals surface area contributed by atoms with Crippen molar-refractivity contribution >= 4 is 5.91 Å². The van der Waals surface area contributed by atoms with Gasteiger partial charge in [0.25, 0.3) is 0 Å². The molecule has 1 heterocycles. The quantitative estimate of drug-likeness (QED) is 0.802. The predicted molar refractivity (Wildman–Crippen MR) is 88.8 cm³/mol. The van der Waals surface area contributed by atoms with Gasteiger partial charge in [-0.1, -0.05) is 18.2 Å². The lowest BCUT2D eigenvalue weighted by atomic mass is 10.1. The minimum atomic E-state index is -0.452. The molecule has 0 radical (unpaired) electrons. The van der Waals surface area contributed by atoms with Crippen LogP contribution in [0.3, 0.4) is 0 Å². The molecule has 0 saturated carbocycles. The van der Waals surface area contributed by atoms with Gasteiger partial charge in [-0.05, 0) is 30.7 Å². The third-order valence-corrected chi connectivity index (χ3v) is 3.90. The molecule has 2 aromatic rings. The summed E-state index contributed by atoms with van der Waals surface area (Å²) in [5.41, 5.74) is 6.93. The number of hydrogen-bond donors (Lipinski definition) is 2. The summed E-state index contributed by atoms with van der Waals surface area (Å²) < 4.78 is 29.7. The minimum absolute atomic E-state index is 0.102. The Balaban J connectivity index is 1.70. The van der Waals surface area contributed by atoms with E-state index in [-0.39, 0.29) is 19.2 Å². The lowest BCUT2D eigenvalue weighted by Crippen LogP contribution is -2.38. The van der Waals surface area contributed by atoms with Crippen LogP contribution in [0.1, 0.15) is 18.1 Å². The standard InChI is InChI=1S/C18H19FN2O4/c1-11(18(20)22)21-8-13-4-7-15(17-16(13)24-10-25-17)23-9-12-2-5-14(19)6-3-12/h2-7,11,21H,8-10H2,1H3,(H2,20,22). The fraction of sp³-hybridized carbons (Fsp3) is 0.278. The van der Waals surface area contributed by atoms with E-state index < -0.39 is 11.9 Å². The minimum Gasteiger partial charge on any atom is -0.485 e. The summed E-state index contributed by atoms with van der Waals surface area (Å²) >= 11 is 0. The number of fused-ring (bicyclic) bond motifs is 1. The Kier molecular flexibility index (Phi) is 5.04. The van der Waals surface area contributed by atoms with Crippen molar-refractivity contribution in [3.63, 3.8) is 0 Å². The van der Waals surface area contributed by atoms with Crippen molar-refractivity contribution < 1.29 is 23.4 Å². The second-order valence-corrected chi connectivity index (χ2v) is 5.71. The van der Waals surface area contributed by atoms with Crippen LogP contribution in [0.5, 0.6) is 17.2 Å². The molecule has 3 N–H and O–H groups in total. The van der Waals surface area contributed by atoms with Crippen LogP contribution in [0.2, 0.25) is 0 Å². The number of ether oxygens (including phenoxy) is 3. The Morgan fingerprint density at radius 2 is 1.96 bits per heavy atom. The van der Waals surface area contributed by atoms with Crippen molar-refractivity contribution in [2.75, 3.05) is 6.79 Å². The van der Waals surface area contributed by atoms with Crippen LogP contribution in [-0.4, -0.2) is 18.7 Å². The van der Waals surface area contributed by atoms with Crippen molar-refractivity contribution in [2.45, 2.75) is 26.1 Å². The zero-order valence-electron chi connectivity index (χ0n) is 13.8. The van der Waals surface area contributed by atoms with Crippen LogP contribution in [0.15, 0.2) is 36.4 Å². The van der Waals surface area contributed by atoms with E-state index in [4.69, 9.17) is 19.9 Å². The first-order valence-electron chi connectivity index (χ1n) is 7.86. The van der Waals surface area contributed by atoms with Crippen molar-refractivity contribution in [1.82, 2.24) is 5.32 Å². The maximum Gasteiger partial charge on any atom is 0.234 e. The monoisotopic (exact) mass is 346 g/mol. The molecule has 2 aromatic carbocycles. The van der Waals surface area contributed by atoms with Crippen molar-refractivity contribution in [3.05, 3.63) is 53.3 Å². The van der Waals surface area contributed by atoms with Crippen molar-refractivity contribution in [2.24, 2.45) is 5.73 Å². The van der Waals surface area contributed by atoms with Gasteiger partial charge in [-0.25, -0.2) is 4.39 Å². The summed E-state index contributed by atoms with van der Waals surface area (Å²) in [5, 5.41) is 3.02. The van der Waals surface area contributed by atoms with Crippen LogP contribution < -0.4 is 25.3 Å². The van der Waals surface area contributed by atoms with E-state index in [1.807, 2.05) is 6.07 Å². The number of nitrogens with one attached hydrogen (secondary N) is 1. The fourth-order valence-electron chi connectivity index (χ4n) is 2.39. The SMILES string of the molecule is CC(NCc1ccc(OCc2ccc(F)cc2)c2c1OCO2)C(N)=O. The van der Waals surface area contributed by atoms with Gasteiger partial charge in [-0.15, -0.1) is 0 Å². The van der Waals surface area contributed by atoms with E-state index in [1.54, 1.807) is 25.1 Å². The second-order valence-electron chi connectivity index (χ2n) is 5.71. The topological polar surface area (TPSA) is 82.8 Å². The van der Waals surface area contributed by atoms with Gasteiger partial charge in [0.15, 0.2) is 11.5 Å². The maximum atomic E-state index is 12.9. The van der Waals surface area contributed by atoms with Gasteiger partial charge in [0.05, 0.1) is 6.04 Å². The summed E-state index contributed by atoms with van der Waals surface area (Å²) in [6.45, 7) is 2.49. The molecule has 0 fully saturated rings. The van der Waals surface area contributed by atoms with Crippen molar-refractivity contribution in [3.8, 4) is 17.2 Å². The molecule has 1 atom stereocenters. The number of rotatable bonds is 7. The fourth-order valence-corrected chi connectivity index (χ4v) is 2.39. The Hall–Kier alpha value is -2.80. The molecule has 1 aliphatic rings. The van der Waals surface area contributed by atoms with E-state index in [1.165, 1.54) is 12.1 Å². The molecule has 0 aliphatic carbocycles. The molecule has 1 unspecified atom stereocenters. The number of hydrogen-bond acceptors (Lipinski definition) is 5. The first-order chi connectivity index (χ1) is 12.0. The third kappa shape index (κ3) is 4.00. The summed E-state index contributed by atoms with van der Waals surface area (Å²) in [6.07, 6.45) is 0. The molecule has 0 bridgehead atoms. The van der Waals surface area contributed by atoms with Gasteiger partial charge in [0.2, 0.25) is 18.4 Å². The first kappa shape index (κ1) is 17.0. The number of carbonyl (C=O) groups is 1. The number of primary amides is 1. The molecule has 3 rings (SSSR count). The third-order valence-electron chi connectivity index (χ3n) is 3.90. The first-order valence-corrected chi connectivity index (χ1v) is 7.86. The highest BCUT2D eigenvalue weighted by Crippen LogP contribution is 2.43. The van der Waals surface area contributed by atoms with E-state index in [0.717, 1.165) is 11.1 Å². The Labute approximate surface area is 144 Å². The lowest BCUT2D eigenvalue weighted by molar-refractivity contribution is -0.119. The summed E-state index contributed by atoms with van der Waals surface area (Å²) in [7, 11) is 0. The lowest BCUT2D eigenvalue weighted by Gasteiger charge is -2.14. The zero-order chi connectivity index (χ0) is 17.8. The number of carbonyl (C=O) groups excluding carboxylic acids is 1. The molecule has 1 amide bonds. The van der Waals surface area contributed by atoms with E-state index >= 15 is 0 Å². The van der Waals surface area contributed by atoms with Crippen LogP contribution in [0.25, 0.3) is 0 Å². The number of amides is 1. The molecular weight excluding hydrogens is 327 g/mol. The maximum absolute atomic E-state index is 12.9. The Morgan fingerprint density at radius 3 is 2.68 bits per heavy atom. The summed E-state index contributed by atoms with van der Waals surface area (Å²) in [5.74, 6) is 0.939. The highest BCUT2D eigenvalue weighted by atomic mass is 19.1. The number of benzene rings is 2. The van der Waals surface area contributed by atoms with Gasteiger partial charge in [-0.3, -0.25) is 4.79 Å². The van der Waals surface area contributed by atoms with Gasteiger partial charge in [0, 0.05) is 12.1 Å². The Morgan fingerprint density at radius 1 is 1.24 bits per heavy atom. The number of nitrogens with two attached hydrogens (primary N) is 1. The highest BCUT2D eigenvalue weighted by Gasteiger charge is 2.23.